The van der Waals surface area contributed by atoms with Crippen LogP contribution in [0.2, 0.25) is 0 Å². The van der Waals surface area contributed by atoms with Crippen LogP contribution < -0.4 is 5.73 Å². The van der Waals surface area contributed by atoms with Gasteiger partial charge < -0.3 is 5.73 Å². The lowest BCUT2D eigenvalue weighted by Crippen LogP contribution is -2.58. The van der Waals surface area contributed by atoms with Crippen LogP contribution in [-0.2, 0) is 11.8 Å². The third-order valence-electron chi connectivity index (χ3n) is 6.89. The third kappa shape index (κ3) is 2.54. The normalized spacial score (nSPS) is 31.4. The zero-order valence-corrected chi connectivity index (χ0v) is 14.8. The molecule has 1 amide bonds. The Morgan fingerprint density at radius 2 is 2.16 bits per heavy atom. The number of piperidine rings is 1. The van der Waals surface area contributed by atoms with Gasteiger partial charge in [0.05, 0.1) is 4.92 Å². The minimum absolute atomic E-state index is 0.0380. The molecular formula is C19H25N3O3. The summed E-state index contributed by atoms with van der Waals surface area (Å²) in [5, 5.41) is 11.4. The van der Waals surface area contributed by atoms with E-state index in [4.69, 9.17) is 5.73 Å². The van der Waals surface area contributed by atoms with Crippen LogP contribution in [0.4, 0.5) is 5.69 Å². The van der Waals surface area contributed by atoms with Crippen LogP contribution in [0, 0.1) is 22.0 Å². The predicted molar refractivity (Wildman–Crippen MR) is 94.5 cm³/mol. The second-order valence-corrected chi connectivity index (χ2v) is 8.31. The van der Waals surface area contributed by atoms with E-state index in [1.54, 1.807) is 12.1 Å². The number of nitrogens with two attached hydrogens (primary N) is 1. The van der Waals surface area contributed by atoms with Gasteiger partial charge in [-0.05, 0) is 66.7 Å². The van der Waals surface area contributed by atoms with Crippen molar-refractivity contribution in [2.24, 2.45) is 17.6 Å². The van der Waals surface area contributed by atoms with Crippen molar-refractivity contribution in [1.82, 2.24) is 4.90 Å². The van der Waals surface area contributed by atoms with E-state index in [0.717, 1.165) is 43.0 Å². The van der Waals surface area contributed by atoms with Gasteiger partial charge in [0.15, 0.2) is 0 Å². The number of fused-ring (bicyclic) bond motifs is 4. The molecule has 1 aromatic carbocycles. The lowest BCUT2D eigenvalue weighted by atomic mass is 9.58. The molecule has 2 N–H and O–H groups in total. The molecule has 0 aromatic heterocycles. The average molecular weight is 343 g/mol. The van der Waals surface area contributed by atoms with Crippen molar-refractivity contribution in [2.45, 2.75) is 51.0 Å². The van der Waals surface area contributed by atoms with E-state index in [9.17, 15) is 14.9 Å². The molecule has 1 saturated carbocycles. The highest BCUT2D eigenvalue weighted by Crippen LogP contribution is 2.50. The fourth-order valence-corrected chi connectivity index (χ4v) is 4.96. The highest BCUT2D eigenvalue weighted by atomic mass is 16.6. The number of rotatable bonds is 4. The summed E-state index contributed by atoms with van der Waals surface area (Å²) >= 11 is 0. The standard InChI is InChI=1S/C19H25N3O3/c1-11-16-7-13-8-17(22(24)25)14(18(20)23)9-15(13)19(11,2)5-6-21(16)10-12-3-4-12/h8-9,11-12,16H,3-7,10H2,1-2H3,(H2,20,23)/t11-,16-,19-/m1/s1. The molecule has 3 atom stereocenters. The number of likely N-dealkylation sites (tertiary alicyclic amines) is 1. The first-order chi connectivity index (χ1) is 11.8. The topological polar surface area (TPSA) is 89.5 Å². The van der Waals surface area contributed by atoms with E-state index in [1.807, 2.05) is 0 Å². The highest BCUT2D eigenvalue weighted by Gasteiger charge is 2.49. The van der Waals surface area contributed by atoms with Crippen LogP contribution in [0.5, 0.6) is 0 Å². The molecular weight excluding hydrogens is 318 g/mol. The molecule has 6 heteroatoms. The number of nitrogens with zero attached hydrogens (tertiary/aromatic N) is 2. The lowest BCUT2D eigenvalue weighted by Gasteiger charge is -2.54. The number of hydrogen-bond acceptors (Lipinski definition) is 4. The quantitative estimate of drug-likeness (QED) is 0.672. The Balaban J connectivity index is 1.79. The molecule has 1 aliphatic heterocycles. The Morgan fingerprint density at radius 1 is 1.44 bits per heavy atom. The SMILES string of the molecule is C[C@@H]1[C@H]2Cc3cc([N+](=O)[O-])c(C(N)=O)cc3[C@]1(C)CCN2CC1CC1. The summed E-state index contributed by atoms with van der Waals surface area (Å²) in [5.74, 6) is 0.568. The largest absolute Gasteiger partial charge is 0.365 e. The first kappa shape index (κ1) is 16.5. The second-order valence-electron chi connectivity index (χ2n) is 8.31. The number of benzene rings is 1. The molecule has 0 unspecified atom stereocenters. The Bertz CT molecular complexity index is 759. The molecule has 134 valence electrons. The van der Waals surface area contributed by atoms with E-state index < -0.39 is 10.8 Å². The van der Waals surface area contributed by atoms with Gasteiger partial charge in [-0.3, -0.25) is 19.8 Å². The lowest BCUT2D eigenvalue weighted by molar-refractivity contribution is -0.385. The number of nitro groups is 1. The number of carbonyl (C=O) groups is 1. The van der Waals surface area contributed by atoms with Crippen molar-refractivity contribution < 1.29 is 9.72 Å². The van der Waals surface area contributed by atoms with Crippen molar-refractivity contribution in [3.63, 3.8) is 0 Å². The summed E-state index contributed by atoms with van der Waals surface area (Å²) in [6, 6.07) is 3.73. The molecule has 2 fully saturated rings. The van der Waals surface area contributed by atoms with Crippen molar-refractivity contribution in [1.29, 1.82) is 0 Å². The van der Waals surface area contributed by atoms with Crippen LogP contribution in [0.25, 0.3) is 0 Å². The predicted octanol–water partition coefficient (Wildman–Crippen LogP) is 2.63. The van der Waals surface area contributed by atoms with Crippen molar-refractivity contribution >= 4 is 11.6 Å². The summed E-state index contributed by atoms with van der Waals surface area (Å²) in [6.07, 6.45) is 4.50. The van der Waals surface area contributed by atoms with Crippen molar-refractivity contribution in [2.75, 3.05) is 13.1 Å². The molecule has 1 heterocycles. The minimum atomic E-state index is -0.723. The average Bonchev–Trinajstić information content (AvgIpc) is 3.36. The Hall–Kier alpha value is -1.95. The first-order valence-electron chi connectivity index (χ1n) is 9.17. The van der Waals surface area contributed by atoms with Crippen LogP contribution in [0.3, 0.4) is 0 Å². The van der Waals surface area contributed by atoms with Gasteiger partial charge in [0.2, 0.25) is 0 Å². The Labute approximate surface area is 147 Å². The monoisotopic (exact) mass is 343 g/mol. The molecule has 4 rings (SSSR count). The molecule has 25 heavy (non-hydrogen) atoms. The minimum Gasteiger partial charge on any atom is -0.365 e. The van der Waals surface area contributed by atoms with E-state index in [0.29, 0.717) is 12.0 Å². The summed E-state index contributed by atoms with van der Waals surface area (Å²) in [7, 11) is 0. The summed E-state index contributed by atoms with van der Waals surface area (Å²) < 4.78 is 0. The van der Waals surface area contributed by atoms with Gasteiger partial charge in [-0.15, -0.1) is 0 Å². The molecule has 1 saturated heterocycles. The van der Waals surface area contributed by atoms with Gasteiger partial charge in [0, 0.05) is 18.7 Å². The smallest absolute Gasteiger partial charge is 0.282 e. The number of carbonyl (C=O) groups excluding carboxylic acids is 1. The van der Waals surface area contributed by atoms with Crippen LogP contribution in [-0.4, -0.2) is 34.9 Å². The number of hydrogen-bond donors (Lipinski definition) is 1. The zero-order chi connectivity index (χ0) is 17.9. The Morgan fingerprint density at radius 3 is 2.76 bits per heavy atom. The zero-order valence-electron chi connectivity index (χ0n) is 14.8. The van der Waals surface area contributed by atoms with Gasteiger partial charge in [-0.1, -0.05) is 13.8 Å². The second kappa shape index (κ2) is 5.53. The maximum absolute atomic E-state index is 11.8. The molecule has 6 nitrogen and oxygen atoms in total. The van der Waals surface area contributed by atoms with Crippen molar-refractivity contribution in [3.05, 3.63) is 38.9 Å². The van der Waals surface area contributed by atoms with E-state index in [1.165, 1.54) is 12.8 Å². The molecule has 2 aliphatic carbocycles. The van der Waals surface area contributed by atoms with Gasteiger partial charge in [-0.2, -0.15) is 0 Å². The fourth-order valence-electron chi connectivity index (χ4n) is 4.96. The maximum atomic E-state index is 11.8. The molecule has 0 spiro atoms. The Kier molecular flexibility index (Phi) is 3.65. The molecule has 1 aromatic rings. The van der Waals surface area contributed by atoms with Crippen molar-refractivity contribution in [3.8, 4) is 0 Å². The highest BCUT2D eigenvalue weighted by molar-refractivity contribution is 5.97. The molecule has 0 radical (unpaired) electrons. The van der Waals surface area contributed by atoms with E-state index in [2.05, 4.69) is 18.7 Å². The van der Waals surface area contributed by atoms with Crippen LogP contribution in [0.1, 0.15) is 54.6 Å². The number of nitro benzene ring substituents is 1. The number of primary amides is 1. The van der Waals surface area contributed by atoms with Gasteiger partial charge in [-0.25, -0.2) is 0 Å². The summed E-state index contributed by atoms with van der Waals surface area (Å²) in [6.45, 7) is 6.75. The number of amides is 1. The van der Waals surface area contributed by atoms with Gasteiger partial charge in [0.25, 0.3) is 11.6 Å². The molecule has 3 aliphatic rings. The maximum Gasteiger partial charge on any atom is 0.282 e. The van der Waals surface area contributed by atoms with Gasteiger partial charge >= 0.3 is 0 Å². The van der Waals surface area contributed by atoms with E-state index in [-0.39, 0.29) is 16.7 Å². The molecule has 2 bridgehead atoms. The van der Waals surface area contributed by atoms with Crippen LogP contribution >= 0.6 is 0 Å². The summed E-state index contributed by atoms with van der Waals surface area (Å²) in [4.78, 5) is 25.3. The fraction of sp³-hybridized carbons (Fsp3) is 0.632. The van der Waals surface area contributed by atoms with Gasteiger partial charge in [0.1, 0.15) is 5.56 Å². The third-order valence-corrected chi connectivity index (χ3v) is 6.89. The first-order valence-corrected chi connectivity index (χ1v) is 9.17. The van der Waals surface area contributed by atoms with Crippen LogP contribution in [0.15, 0.2) is 12.1 Å². The van der Waals surface area contributed by atoms with E-state index >= 15 is 0 Å². The summed E-state index contributed by atoms with van der Waals surface area (Å²) in [5.41, 5.74) is 7.35.